The van der Waals surface area contributed by atoms with E-state index in [1.54, 1.807) is 30.3 Å². The molecule has 43 heavy (non-hydrogen) atoms. The van der Waals surface area contributed by atoms with Crippen molar-refractivity contribution in [3.63, 3.8) is 0 Å². The molecule has 1 atom stereocenters. The van der Waals surface area contributed by atoms with Crippen molar-refractivity contribution < 1.29 is 18.0 Å². The lowest BCUT2D eigenvalue weighted by Crippen LogP contribution is -2.54. The van der Waals surface area contributed by atoms with Crippen LogP contribution < -0.4 is 9.62 Å². The number of nitrogens with one attached hydrogen (secondary N) is 1. The van der Waals surface area contributed by atoms with Crippen molar-refractivity contribution in [2.45, 2.75) is 71.5 Å². The molecule has 0 fully saturated rings. The standard InChI is InChI=1S/C33H41Cl2N3O4S/c1-6-24-17-19-26(20-18-24)38(43(5,41)42)21-11-16-31(39)37(23-27-28(34)14-10-15-29(27)35)30(32(40)36-33(2,3)4)22-25-12-8-7-9-13-25/h7-10,12-15,17-20,30H,6,11,16,21-23H2,1-5H3,(H,36,40)/t30-/m1/s1. The van der Waals surface area contributed by atoms with Crippen LogP contribution >= 0.6 is 23.2 Å². The topological polar surface area (TPSA) is 86.8 Å². The highest BCUT2D eigenvalue weighted by Gasteiger charge is 2.33. The van der Waals surface area contributed by atoms with Crippen LogP contribution in [0.1, 0.15) is 57.2 Å². The van der Waals surface area contributed by atoms with Gasteiger partial charge in [-0.1, -0.05) is 78.7 Å². The molecule has 0 aromatic heterocycles. The molecule has 0 spiro atoms. The van der Waals surface area contributed by atoms with Crippen molar-refractivity contribution in [3.8, 4) is 0 Å². The van der Waals surface area contributed by atoms with Crippen LogP contribution in [-0.2, 0) is 39.0 Å². The number of aryl methyl sites for hydroxylation is 1. The van der Waals surface area contributed by atoms with Crippen molar-refractivity contribution in [1.29, 1.82) is 0 Å². The lowest BCUT2D eigenvalue weighted by molar-refractivity contribution is -0.142. The van der Waals surface area contributed by atoms with E-state index in [-0.39, 0.29) is 44.2 Å². The van der Waals surface area contributed by atoms with Gasteiger partial charge in [0, 0.05) is 47.1 Å². The number of halogens is 2. The van der Waals surface area contributed by atoms with Crippen LogP contribution in [0.3, 0.4) is 0 Å². The fraction of sp³-hybridized carbons (Fsp3) is 0.394. The molecular weight excluding hydrogens is 605 g/mol. The molecule has 0 aliphatic heterocycles. The maximum atomic E-state index is 14.0. The number of hydrogen-bond acceptors (Lipinski definition) is 4. The molecule has 7 nitrogen and oxygen atoms in total. The first-order valence-electron chi connectivity index (χ1n) is 14.3. The molecular formula is C33H41Cl2N3O4S. The zero-order valence-electron chi connectivity index (χ0n) is 25.4. The zero-order chi connectivity index (χ0) is 31.8. The minimum atomic E-state index is -3.60. The smallest absolute Gasteiger partial charge is 0.243 e. The average molecular weight is 647 g/mol. The van der Waals surface area contributed by atoms with Gasteiger partial charge in [-0.3, -0.25) is 13.9 Å². The number of amides is 2. The summed E-state index contributed by atoms with van der Waals surface area (Å²) in [5.74, 6) is -0.614. The molecule has 3 aromatic carbocycles. The van der Waals surface area contributed by atoms with E-state index in [2.05, 4.69) is 5.32 Å². The summed E-state index contributed by atoms with van der Waals surface area (Å²) in [5, 5.41) is 3.80. The number of rotatable bonds is 13. The van der Waals surface area contributed by atoms with Crippen LogP contribution in [0, 0.1) is 0 Å². The molecule has 3 rings (SSSR count). The Labute approximate surface area is 266 Å². The van der Waals surface area contributed by atoms with Crippen molar-refractivity contribution in [2.75, 3.05) is 17.1 Å². The first-order chi connectivity index (χ1) is 20.2. The highest BCUT2D eigenvalue weighted by Crippen LogP contribution is 2.28. The Bertz CT molecular complexity index is 1470. The molecule has 0 saturated heterocycles. The third kappa shape index (κ3) is 10.3. The van der Waals surface area contributed by atoms with Gasteiger partial charge in [0.25, 0.3) is 0 Å². The van der Waals surface area contributed by atoms with Crippen LogP contribution in [0.2, 0.25) is 10.0 Å². The molecule has 0 bridgehead atoms. The number of carbonyl (C=O) groups excluding carboxylic acids is 2. The first kappa shape index (κ1) is 34.4. The second-order valence-corrected chi connectivity index (χ2v) is 14.3. The summed E-state index contributed by atoms with van der Waals surface area (Å²) in [6.07, 6.45) is 2.52. The highest BCUT2D eigenvalue weighted by molar-refractivity contribution is 7.92. The summed E-state index contributed by atoms with van der Waals surface area (Å²) in [4.78, 5) is 29.3. The molecule has 0 heterocycles. The molecule has 10 heteroatoms. The van der Waals surface area contributed by atoms with E-state index in [9.17, 15) is 18.0 Å². The summed E-state index contributed by atoms with van der Waals surface area (Å²) in [5.41, 5.74) is 2.53. The van der Waals surface area contributed by atoms with Gasteiger partial charge in [0.15, 0.2) is 0 Å². The van der Waals surface area contributed by atoms with E-state index in [0.717, 1.165) is 23.8 Å². The largest absolute Gasteiger partial charge is 0.350 e. The predicted octanol–water partition coefficient (Wildman–Crippen LogP) is 6.66. The minimum Gasteiger partial charge on any atom is -0.350 e. The minimum absolute atomic E-state index is 0.00915. The van der Waals surface area contributed by atoms with Gasteiger partial charge in [0.05, 0.1) is 11.9 Å². The molecule has 232 valence electrons. The number of nitrogens with zero attached hydrogens (tertiary/aromatic N) is 2. The average Bonchev–Trinajstić information content (AvgIpc) is 2.93. The summed E-state index contributed by atoms with van der Waals surface area (Å²) < 4.78 is 26.7. The molecule has 0 radical (unpaired) electrons. The highest BCUT2D eigenvalue weighted by atomic mass is 35.5. The Morgan fingerprint density at radius 3 is 2.02 bits per heavy atom. The first-order valence-corrected chi connectivity index (χ1v) is 16.9. The van der Waals surface area contributed by atoms with Crippen LogP contribution in [0.25, 0.3) is 0 Å². The Morgan fingerprint density at radius 1 is 0.884 bits per heavy atom. The fourth-order valence-corrected chi connectivity index (χ4v) is 6.24. The number of carbonyl (C=O) groups is 2. The van der Waals surface area contributed by atoms with Crippen molar-refractivity contribution in [3.05, 3.63) is 99.5 Å². The maximum Gasteiger partial charge on any atom is 0.243 e. The molecule has 0 unspecified atom stereocenters. The van der Waals surface area contributed by atoms with E-state index in [1.807, 2.05) is 70.2 Å². The molecule has 0 aliphatic carbocycles. The van der Waals surface area contributed by atoms with Crippen LogP contribution in [0.4, 0.5) is 5.69 Å². The van der Waals surface area contributed by atoms with Crippen molar-refractivity contribution >= 4 is 50.7 Å². The predicted molar refractivity (Wildman–Crippen MR) is 176 cm³/mol. The van der Waals surface area contributed by atoms with E-state index < -0.39 is 21.6 Å². The van der Waals surface area contributed by atoms with Crippen LogP contribution in [-0.4, -0.2) is 49.5 Å². The van der Waals surface area contributed by atoms with Crippen molar-refractivity contribution in [1.82, 2.24) is 10.2 Å². The van der Waals surface area contributed by atoms with Gasteiger partial charge >= 0.3 is 0 Å². The van der Waals surface area contributed by atoms with Gasteiger partial charge in [-0.15, -0.1) is 0 Å². The monoisotopic (exact) mass is 645 g/mol. The van der Waals surface area contributed by atoms with E-state index in [4.69, 9.17) is 23.2 Å². The molecule has 0 aliphatic rings. The lowest BCUT2D eigenvalue weighted by atomic mass is 10.00. The van der Waals surface area contributed by atoms with Crippen molar-refractivity contribution in [2.24, 2.45) is 0 Å². The number of benzene rings is 3. The third-order valence-corrected chi connectivity index (χ3v) is 8.85. The van der Waals surface area contributed by atoms with Gasteiger partial charge in [0.1, 0.15) is 6.04 Å². The van der Waals surface area contributed by atoms with Crippen LogP contribution in [0.15, 0.2) is 72.8 Å². The Kier molecular flexibility index (Phi) is 12.1. The maximum absolute atomic E-state index is 14.0. The molecule has 3 aromatic rings. The Morgan fingerprint density at radius 2 is 1.49 bits per heavy atom. The van der Waals surface area contributed by atoms with Gasteiger partial charge in [-0.05, 0) is 69.0 Å². The molecule has 0 saturated carbocycles. The second-order valence-electron chi connectivity index (χ2n) is 11.6. The van der Waals surface area contributed by atoms with Gasteiger partial charge in [-0.2, -0.15) is 0 Å². The summed E-state index contributed by atoms with van der Waals surface area (Å²) in [7, 11) is -3.60. The SMILES string of the molecule is CCc1ccc(N(CCCC(=O)N(Cc2c(Cl)cccc2Cl)[C@H](Cc2ccccc2)C(=O)NC(C)(C)C)S(C)(=O)=O)cc1. The van der Waals surface area contributed by atoms with Gasteiger partial charge in [0.2, 0.25) is 21.8 Å². The number of anilines is 1. The lowest BCUT2D eigenvalue weighted by Gasteiger charge is -2.34. The Hall–Kier alpha value is -3.07. The molecule has 2 amide bonds. The quantitative estimate of drug-likeness (QED) is 0.225. The van der Waals surface area contributed by atoms with Gasteiger partial charge in [-0.25, -0.2) is 8.42 Å². The van der Waals surface area contributed by atoms with E-state index in [1.165, 1.54) is 9.21 Å². The Balaban J connectivity index is 1.94. The number of sulfonamides is 1. The molecule has 1 N–H and O–H groups in total. The normalized spacial score (nSPS) is 12.4. The summed E-state index contributed by atoms with van der Waals surface area (Å²) >= 11 is 13.0. The zero-order valence-corrected chi connectivity index (χ0v) is 27.8. The number of hydrogen-bond donors (Lipinski definition) is 1. The fourth-order valence-electron chi connectivity index (χ4n) is 4.76. The van der Waals surface area contributed by atoms with E-state index >= 15 is 0 Å². The van der Waals surface area contributed by atoms with E-state index in [0.29, 0.717) is 21.3 Å². The summed E-state index contributed by atoms with van der Waals surface area (Å²) in [6.45, 7) is 7.80. The summed E-state index contributed by atoms with van der Waals surface area (Å²) in [6, 6.07) is 21.1. The third-order valence-electron chi connectivity index (χ3n) is 6.94. The second kappa shape index (κ2) is 15.1. The van der Waals surface area contributed by atoms with Crippen LogP contribution in [0.5, 0.6) is 0 Å². The van der Waals surface area contributed by atoms with Gasteiger partial charge < -0.3 is 10.2 Å².